The Labute approximate surface area is 294 Å². The van der Waals surface area contributed by atoms with Crippen LogP contribution in [-0.4, -0.2) is 29.1 Å². The van der Waals surface area contributed by atoms with Crippen molar-refractivity contribution in [2.24, 2.45) is 62.1 Å². The first-order valence-corrected chi connectivity index (χ1v) is 19.2. The zero-order valence-corrected chi connectivity index (χ0v) is 31.6. The fourth-order valence-corrected chi connectivity index (χ4v) is 13.4. The fourth-order valence-electron chi connectivity index (χ4n) is 13.4. The van der Waals surface area contributed by atoms with Crippen LogP contribution in [0.5, 0.6) is 0 Å². The number of hydrogen-bond acceptors (Lipinski definition) is 5. The second kappa shape index (κ2) is 12.3. The molecule has 0 radical (unpaired) electrons. The zero-order valence-electron chi connectivity index (χ0n) is 31.6. The lowest BCUT2D eigenvalue weighted by Crippen LogP contribution is -2.67. The molecular weight excluding hydrogens is 614 g/mol. The molecule has 10 atom stereocenters. The number of carbonyl (C=O) groups excluding carboxylic acids is 2. The molecule has 1 aromatic heterocycles. The van der Waals surface area contributed by atoms with E-state index in [0.717, 1.165) is 44.3 Å². The lowest BCUT2D eigenvalue weighted by molar-refractivity contribution is -0.250. The topological polar surface area (TPSA) is 106 Å². The summed E-state index contributed by atoms with van der Waals surface area (Å²) in [5, 5.41) is 12.8. The van der Waals surface area contributed by atoms with Gasteiger partial charge in [-0.1, -0.05) is 46.8 Å². The van der Waals surface area contributed by atoms with Crippen molar-refractivity contribution in [1.29, 1.82) is 0 Å². The number of ether oxygens (including phenoxy) is 1. The maximum absolute atomic E-state index is 13.6. The van der Waals surface area contributed by atoms with E-state index >= 15 is 0 Å². The number of carboxylic acids is 1. The number of amides is 1. The molecular formula is C42H63NO6. The molecule has 0 spiro atoms. The molecule has 0 aliphatic heterocycles. The minimum absolute atomic E-state index is 0.0183. The van der Waals surface area contributed by atoms with Crippen LogP contribution >= 0.6 is 0 Å². The van der Waals surface area contributed by atoms with Gasteiger partial charge >= 0.3 is 11.9 Å². The quantitative estimate of drug-likeness (QED) is 0.199. The van der Waals surface area contributed by atoms with E-state index in [1.807, 2.05) is 12.1 Å². The van der Waals surface area contributed by atoms with Crippen molar-refractivity contribution in [2.75, 3.05) is 0 Å². The van der Waals surface area contributed by atoms with Gasteiger partial charge in [-0.25, -0.2) is 0 Å². The molecule has 1 aromatic rings. The van der Waals surface area contributed by atoms with Crippen LogP contribution in [0.2, 0.25) is 0 Å². The monoisotopic (exact) mass is 677 g/mol. The van der Waals surface area contributed by atoms with E-state index in [1.54, 1.807) is 20.1 Å². The Morgan fingerprint density at radius 2 is 1.69 bits per heavy atom. The third-order valence-electron chi connectivity index (χ3n) is 16.2. The number of nitrogens with one attached hydrogen (secondary N) is 1. The molecule has 7 heteroatoms. The largest absolute Gasteiger partial charge is 0.481 e. The molecule has 5 aliphatic carbocycles. The molecule has 272 valence electrons. The molecule has 7 nitrogen and oxygen atoms in total. The van der Waals surface area contributed by atoms with E-state index in [0.29, 0.717) is 42.6 Å². The molecule has 0 unspecified atom stereocenters. The Balaban J connectivity index is 1.23. The van der Waals surface area contributed by atoms with Gasteiger partial charge in [0, 0.05) is 11.8 Å². The standard InChI is InChI=1S/C42H63NO6/c1-26(2)28-14-19-42(23-33(44)43-25-27-11-10-22-48-27)21-20-40(8)29(35(28)42)12-13-31-39(7)17-16-32(49-34(45)24-37(3,4)36(46)47)38(5,6)30(39)15-18-41(31,40)9/h10-11,22,28-32,35H,1,12-21,23-25H2,2-9H3,(H,43,44)(H,46,47)/t28-,29+,30-,31+,32-,35+,39-,40+,41+,42+/m0/s1. The Bertz CT molecular complexity index is 1460. The van der Waals surface area contributed by atoms with Crippen molar-refractivity contribution in [3.8, 4) is 0 Å². The fraction of sp³-hybridized carbons (Fsp3) is 0.786. The smallest absolute Gasteiger partial charge is 0.309 e. The number of aliphatic carboxylic acids is 1. The molecule has 0 aromatic carbocycles. The third-order valence-corrected chi connectivity index (χ3v) is 16.2. The van der Waals surface area contributed by atoms with Gasteiger partial charge in [0.1, 0.15) is 11.9 Å². The van der Waals surface area contributed by atoms with Crippen LogP contribution in [0.4, 0.5) is 0 Å². The van der Waals surface area contributed by atoms with E-state index in [1.165, 1.54) is 31.3 Å². The molecule has 2 N–H and O–H groups in total. The van der Waals surface area contributed by atoms with Gasteiger partial charge in [-0.3, -0.25) is 14.4 Å². The first kappa shape index (κ1) is 36.2. The number of allylic oxidation sites excluding steroid dienone is 1. The number of fused-ring (bicyclic) bond motifs is 7. The SMILES string of the molecule is C=C(C)[C@@H]1CC[C@]2(CC(=O)NCc3ccco3)CC[C@]3(C)[C@H](CC[C@@H]4[C@@]5(C)CC[C@H](OC(=O)CC(C)(C)C(=O)O)C(C)(C)[C@@H]5CC[C@]43C)[C@@H]12. The van der Waals surface area contributed by atoms with Crippen LogP contribution < -0.4 is 5.32 Å². The number of esters is 1. The van der Waals surface area contributed by atoms with Gasteiger partial charge in [-0.05, 0) is 148 Å². The van der Waals surface area contributed by atoms with Crippen LogP contribution in [0.3, 0.4) is 0 Å². The summed E-state index contributed by atoms with van der Waals surface area (Å²) in [6.07, 6.45) is 13.0. The Morgan fingerprint density at radius 1 is 0.959 bits per heavy atom. The van der Waals surface area contributed by atoms with Gasteiger partial charge in [0.05, 0.1) is 24.6 Å². The van der Waals surface area contributed by atoms with Crippen molar-refractivity contribution in [1.82, 2.24) is 5.32 Å². The third kappa shape index (κ3) is 5.72. The van der Waals surface area contributed by atoms with Gasteiger partial charge in [-0.15, -0.1) is 0 Å². The van der Waals surface area contributed by atoms with Crippen LogP contribution in [-0.2, 0) is 25.7 Å². The predicted octanol–water partition coefficient (Wildman–Crippen LogP) is 9.36. The number of rotatable bonds is 9. The number of carboxylic acid groups (broad SMARTS) is 1. The highest BCUT2D eigenvalue weighted by atomic mass is 16.5. The van der Waals surface area contributed by atoms with E-state index < -0.39 is 17.4 Å². The molecule has 1 heterocycles. The van der Waals surface area contributed by atoms with E-state index in [2.05, 4.69) is 53.4 Å². The van der Waals surface area contributed by atoms with Crippen LogP contribution in [0.25, 0.3) is 0 Å². The number of furan rings is 1. The van der Waals surface area contributed by atoms with Crippen LogP contribution in [0, 0.1) is 62.1 Å². The minimum Gasteiger partial charge on any atom is -0.481 e. The van der Waals surface area contributed by atoms with E-state index in [9.17, 15) is 19.5 Å². The summed E-state index contributed by atoms with van der Waals surface area (Å²) in [6.45, 7) is 22.8. The van der Waals surface area contributed by atoms with Crippen molar-refractivity contribution in [2.45, 2.75) is 145 Å². The number of carbonyl (C=O) groups is 3. The zero-order chi connectivity index (χ0) is 35.8. The van der Waals surface area contributed by atoms with Crippen molar-refractivity contribution >= 4 is 17.8 Å². The van der Waals surface area contributed by atoms with Crippen LogP contribution in [0.15, 0.2) is 35.0 Å². The maximum Gasteiger partial charge on any atom is 0.309 e. The van der Waals surface area contributed by atoms with Gasteiger partial charge in [0.15, 0.2) is 0 Å². The molecule has 49 heavy (non-hydrogen) atoms. The van der Waals surface area contributed by atoms with Crippen molar-refractivity contribution in [3.05, 3.63) is 36.3 Å². The molecule has 1 amide bonds. The van der Waals surface area contributed by atoms with Gasteiger partial charge in [0.2, 0.25) is 5.91 Å². The Morgan fingerprint density at radius 3 is 2.35 bits per heavy atom. The summed E-state index contributed by atoms with van der Waals surface area (Å²) in [5.41, 5.74) is 0.461. The van der Waals surface area contributed by atoms with E-state index in [4.69, 9.17) is 9.15 Å². The number of hydrogen-bond donors (Lipinski definition) is 2. The lowest BCUT2D eigenvalue weighted by atomic mass is 9.32. The summed E-state index contributed by atoms with van der Waals surface area (Å²) in [5.74, 6) is 2.07. The molecule has 5 saturated carbocycles. The Kier molecular flexibility index (Phi) is 9.09. The Hall–Kier alpha value is -2.57. The highest BCUT2D eigenvalue weighted by Gasteiger charge is 2.71. The van der Waals surface area contributed by atoms with Crippen molar-refractivity contribution < 1.29 is 28.6 Å². The average molecular weight is 678 g/mol. The van der Waals surface area contributed by atoms with Gasteiger partial charge < -0.3 is 19.6 Å². The summed E-state index contributed by atoms with van der Waals surface area (Å²) < 4.78 is 11.7. The second-order valence-corrected chi connectivity index (χ2v) is 19.3. The highest BCUT2D eigenvalue weighted by molar-refractivity contribution is 5.81. The normalized spacial score (nSPS) is 41.0. The molecule has 6 rings (SSSR count). The van der Waals surface area contributed by atoms with Crippen molar-refractivity contribution in [3.63, 3.8) is 0 Å². The molecule has 5 aliphatic rings. The molecule has 5 fully saturated rings. The van der Waals surface area contributed by atoms with E-state index in [-0.39, 0.29) is 45.5 Å². The minimum atomic E-state index is -1.14. The second-order valence-electron chi connectivity index (χ2n) is 19.3. The lowest BCUT2D eigenvalue weighted by Gasteiger charge is -2.73. The highest BCUT2D eigenvalue weighted by Crippen LogP contribution is 2.78. The first-order valence-electron chi connectivity index (χ1n) is 19.2. The summed E-state index contributed by atoms with van der Waals surface area (Å²) in [4.78, 5) is 38.3. The summed E-state index contributed by atoms with van der Waals surface area (Å²) in [7, 11) is 0. The summed E-state index contributed by atoms with van der Waals surface area (Å²) >= 11 is 0. The first-order chi connectivity index (χ1) is 22.8. The van der Waals surface area contributed by atoms with Crippen LogP contribution in [0.1, 0.15) is 138 Å². The maximum atomic E-state index is 13.6. The molecule has 0 saturated heterocycles. The molecule has 0 bridgehead atoms. The summed E-state index contributed by atoms with van der Waals surface area (Å²) in [6, 6.07) is 3.78. The van der Waals surface area contributed by atoms with Gasteiger partial charge in [0.25, 0.3) is 0 Å². The average Bonchev–Trinajstić information content (AvgIpc) is 3.66. The van der Waals surface area contributed by atoms with Gasteiger partial charge in [-0.2, -0.15) is 0 Å². The predicted molar refractivity (Wildman–Crippen MR) is 190 cm³/mol.